The first-order chi connectivity index (χ1) is 19.8. The number of halogens is 3. The van der Waals surface area contributed by atoms with Gasteiger partial charge < -0.3 is 4.57 Å². The Kier molecular flexibility index (Phi) is 5.41. The summed E-state index contributed by atoms with van der Waals surface area (Å²) in [5.41, 5.74) is 4.54. The van der Waals surface area contributed by atoms with Gasteiger partial charge in [-0.2, -0.15) is 13.2 Å². The summed E-state index contributed by atoms with van der Waals surface area (Å²) in [6.07, 6.45) is -4.43. The maximum absolute atomic E-state index is 13.8. The highest BCUT2D eigenvalue weighted by Gasteiger charge is 2.39. The van der Waals surface area contributed by atoms with Gasteiger partial charge in [0.1, 0.15) is 0 Å². The second-order valence-electron chi connectivity index (χ2n) is 10.1. The maximum atomic E-state index is 13.8. The third-order valence-electron chi connectivity index (χ3n) is 7.69. The number of alkyl halides is 3. The van der Waals surface area contributed by atoms with Gasteiger partial charge in [0.05, 0.1) is 39.1 Å². The predicted molar refractivity (Wildman–Crippen MR) is 154 cm³/mol. The molecule has 0 saturated heterocycles. The van der Waals surface area contributed by atoms with Crippen molar-refractivity contribution in [3.05, 3.63) is 131 Å². The summed E-state index contributed by atoms with van der Waals surface area (Å²) < 4.78 is 42.2. The van der Waals surface area contributed by atoms with Crippen LogP contribution in [-0.4, -0.2) is 16.4 Å². The second-order valence-corrected chi connectivity index (χ2v) is 10.1. The van der Waals surface area contributed by atoms with Crippen LogP contribution in [0.25, 0.3) is 38.6 Å². The number of hydrogen-bond donors (Lipinski definition) is 0. The van der Waals surface area contributed by atoms with Crippen molar-refractivity contribution in [2.45, 2.75) is 13.1 Å². The molecule has 0 atom stereocenters. The van der Waals surface area contributed by atoms with Gasteiger partial charge in [0.15, 0.2) is 0 Å². The Labute approximate surface area is 232 Å². The monoisotopic (exact) mass is 546 g/mol. The molecule has 0 fully saturated rings. The van der Waals surface area contributed by atoms with Crippen molar-refractivity contribution in [1.29, 1.82) is 0 Å². The smallest absolute Gasteiger partial charge is 0.308 e. The summed E-state index contributed by atoms with van der Waals surface area (Å²) >= 11 is 0. The largest absolute Gasteiger partial charge is 0.416 e. The Bertz CT molecular complexity index is 2040. The quantitative estimate of drug-likeness (QED) is 0.209. The highest BCUT2D eigenvalue weighted by Crippen LogP contribution is 2.42. The van der Waals surface area contributed by atoms with Crippen LogP contribution in [0.2, 0.25) is 0 Å². The highest BCUT2D eigenvalue weighted by atomic mass is 19.4. The average Bonchev–Trinajstić information content (AvgIpc) is 3.44. The second kappa shape index (κ2) is 8.93. The molecule has 0 aliphatic carbocycles. The Morgan fingerprint density at radius 2 is 1.32 bits per heavy atom. The molecule has 7 rings (SSSR count). The van der Waals surface area contributed by atoms with Gasteiger partial charge in [-0.15, -0.1) is 0 Å². The van der Waals surface area contributed by atoms with Crippen LogP contribution in [0.4, 0.5) is 18.9 Å². The minimum Gasteiger partial charge on any atom is -0.308 e. The Morgan fingerprint density at radius 3 is 2.07 bits per heavy atom. The molecular weight excluding hydrogens is 525 g/mol. The van der Waals surface area contributed by atoms with Gasteiger partial charge in [-0.25, -0.2) is 4.90 Å². The van der Waals surface area contributed by atoms with E-state index in [2.05, 4.69) is 0 Å². The first-order valence-corrected chi connectivity index (χ1v) is 13.0. The van der Waals surface area contributed by atoms with E-state index in [1.54, 1.807) is 43.3 Å². The standard InChI is InChI=1S/C34H21F3N2O2/c1-20-19-21(34(35,36)37)17-18-23(20)24-12-7-15-28-30(24)25-11-5-6-14-27(25)39(28)29-16-8-13-26-31(29)33(41)38(32(26)40)22-9-3-2-4-10-22/h2-19H,1H3. The molecule has 0 spiro atoms. The van der Waals surface area contributed by atoms with Crippen molar-refractivity contribution in [1.82, 2.24) is 4.57 Å². The minimum atomic E-state index is -4.43. The van der Waals surface area contributed by atoms with Gasteiger partial charge in [-0.3, -0.25) is 9.59 Å². The lowest BCUT2D eigenvalue weighted by Gasteiger charge is -2.15. The molecule has 2 amide bonds. The van der Waals surface area contributed by atoms with E-state index in [0.29, 0.717) is 33.6 Å². The molecule has 0 radical (unpaired) electrons. The van der Waals surface area contributed by atoms with Gasteiger partial charge >= 0.3 is 6.18 Å². The van der Waals surface area contributed by atoms with Crippen LogP contribution in [0.5, 0.6) is 0 Å². The average molecular weight is 547 g/mol. The topological polar surface area (TPSA) is 42.3 Å². The number of carbonyl (C=O) groups excluding carboxylic acids is 2. The Hall–Kier alpha value is -5.17. The normalized spacial score (nSPS) is 13.4. The van der Waals surface area contributed by atoms with Gasteiger partial charge in [-0.05, 0) is 72.1 Å². The number of benzene rings is 5. The molecule has 5 aromatic carbocycles. The molecule has 1 aliphatic heterocycles. The number of para-hydroxylation sites is 2. The summed E-state index contributed by atoms with van der Waals surface area (Å²) in [7, 11) is 0. The molecule has 0 unspecified atom stereocenters. The highest BCUT2D eigenvalue weighted by molar-refractivity contribution is 6.35. The van der Waals surface area contributed by atoms with Crippen molar-refractivity contribution in [3.8, 4) is 16.8 Å². The van der Waals surface area contributed by atoms with Gasteiger partial charge in [0.2, 0.25) is 0 Å². The predicted octanol–water partition coefficient (Wildman–Crippen LogP) is 8.58. The van der Waals surface area contributed by atoms with E-state index in [4.69, 9.17) is 0 Å². The number of anilines is 1. The van der Waals surface area contributed by atoms with Crippen LogP contribution in [0, 0.1) is 6.92 Å². The van der Waals surface area contributed by atoms with Gasteiger partial charge in [0, 0.05) is 10.8 Å². The zero-order valence-electron chi connectivity index (χ0n) is 21.7. The number of rotatable bonds is 3. The molecule has 1 aliphatic rings. The van der Waals surface area contributed by atoms with Crippen molar-refractivity contribution in [2.75, 3.05) is 4.90 Å². The number of imide groups is 1. The number of aryl methyl sites for hydroxylation is 1. The van der Waals surface area contributed by atoms with Crippen molar-refractivity contribution >= 4 is 39.3 Å². The fourth-order valence-corrected chi connectivity index (χ4v) is 5.91. The number of fused-ring (bicyclic) bond motifs is 4. The molecule has 0 saturated carbocycles. The van der Waals surface area contributed by atoms with Crippen LogP contribution in [0.3, 0.4) is 0 Å². The summed E-state index contributed by atoms with van der Waals surface area (Å²) in [4.78, 5) is 28.5. The molecule has 41 heavy (non-hydrogen) atoms. The van der Waals surface area contributed by atoms with Gasteiger partial charge in [0.25, 0.3) is 11.8 Å². The molecule has 0 N–H and O–H groups in total. The first kappa shape index (κ1) is 24.8. The summed E-state index contributed by atoms with van der Waals surface area (Å²) in [6.45, 7) is 1.68. The number of nitrogens with zero attached hydrogens (tertiary/aromatic N) is 2. The number of amides is 2. The molecule has 4 nitrogen and oxygen atoms in total. The van der Waals surface area contributed by atoms with E-state index in [-0.39, 0.29) is 5.91 Å². The van der Waals surface area contributed by atoms with E-state index in [1.807, 2.05) is 59.2 Å². The van der Waals surface area contributed by atoms with E-state index in [9.17, 15) is 22.8 Å². The fourth-order valence-electron chi connectivity index (χ4n) is 5.91. The first-order valence-electron chi connectivity index (χ1n) is 13.0. The number of hydrogen-bond acceptors (Lipinski definition) is 2. The third kappa shape index (κ3) is 3.69. The number of aromatic nitrogens is 1. The maximum Gasteiger partial charge on any atom is 0.416 e. The molecule has 7 heteroatoms. The minimum absolute atomic E-state index is 0.306. The van der Waals surface area contributed by atoms with E-state index in [0.717, 1.165) is 33.4 Å². The molecule has 6 aromatic rings. The SMILES string of the molecule is Cc1cc(C(F)(F)F)ccc1-c1cccc2c1c1ccccc1n2-c1cccc2c1C(=O)N(c1ccccc1)C2=O. The molecule has 0 bridgehead atoms. The third-order valence-corrected chi connectivity index (χ3v) is 7.69. The molecule has 2 heterocycles. The molecular formula is C34H21F3N2O2. The van der Waals surface area contributed by atoms with Crippen molar-refractivity contribution in [3.63, 3.8) is 0 Å². The fraction of sp³-hybridized carbons (Fsp3) is 0.0588. The van der Waals surface area contributed by atoms with Crippen LogP contribution < -0.4 is 4.90 Å². The lowest BCUT2D eigenvalue weighted by molar-refractivity contribution is -0.137. The van der Waals surface area contributed by atoms with E-state index in [1.165, 1.54) is 17.0 Å². The molecule has 1 aromatic heterocycles. The van der Waals surface area contributed by atoms with Crippen LogP contribution in [0.1, 0.15) is 31.8 Å². The zero-order valence-corrected chi connectivity index (χ0v) is 21.7. The Morgan fingerprint density at radius 1 is 0.634 bits per heavy atom. The molecule has 200 valence electrons. The summed E-state index contributed by atoms with van der Waals surface area (Å²) in [6, 6.07) is 31.2. The zero-order chi connectivity index (χ0) is 28.5. The Balaban J connectivity index is 1.49. The van der Waals surface area contributed by atoms with Crippen molar-refractivity contribution < 1.29 is 22.8 Å². The van der Waals surface area contributed by atoms with Crippen LogP contribution in [0.15, 0.2) is 109 Å². The summed E-state index contributed by atoms with van der Waals surface area (Å²) in [5, 5.41) is 1.73. The van der Waals surface area contributed by atoms with Gasteiger partial charge in [-0.1, -0.05) is 60.7 Å². The van der Waals surface area contributed by atoms with E-state index >= 15 is 0 Å². The lowest BCUT2D eigenvalue weighted by Crippen LogP contribution is -2.29. The number of carbonyl (C=O) groups is 2. The van der Waals surface area contributed by atoms with Crippen molar-refractivity contribution in [2.24, 2.45) is 0 Å². The van der Waals surface area contributed by atoms with Crippen LogP contribution >= 0.6 is 0 Å². The summed E-state index contributed by atoms with van der Waals surface area (Å²) in [5.74, 6) is -0.799. The lowest BCUT2D eigenvalue weighted by atomic mass is 9.94. The van der Waals surface area contributed by atoms with Crippen LogP contribution in [-0.2, 0) is 6.18 Å². The van der Waals surface area contributed by atoms with E-state index < -0.39 is 17.6 Å².